The van der Waals surface area contributed by atoms with Crippen molar-refractivity contribution >= 4 is 28.5 Å². The SMILES string of the molecule is C=CCc1c(CCCCC)csc1C(=O)c1scc(CCCCC)c1CC=C. The molecule has 0 amide bonds. The number of allylic oxidation sites excluding steroid dienone is 2. The Hall–Kier alpha value is -1.45. The Balaban J connectivity index is 2.31. The Morgan fingerprint density at radius 3 is 1.61 bits per heavy atom. The molecule has 28 heavy (non-hydrogen) atoms. The number of ketones is 1. The van der Waals surface area contributed by atoms with Gasteiger partial charge in [0.15, 0.2) is 0 Å². The van der Waals surface area contributed by atoms with E-state index in [1.165, 1.54) is 60.8 Å². The van der Waals surface area contributed by atoms with Crippen LogP contribution in [0.5, 0.6) is 0 Å². The zero-order valence-corrected chi connectivity index (χ0v) is 19.2. The lowest BCUT2D eigenvalue weighted by Gasteiger charge is -2.07. The van der Waals surface area contributed by atoms with Crippen molar-refractivity contribution in [3.05, 3.63) is 68.1 Å². The van der Waals surface area contributed by atoms with Crippen LogP contribution in [0.1, 0.15) is 89.2 Å². The number of hydrogen-bond donors (Lipinski definition) is 0. The fourth-order valence-corrected chi connectivity index (χ4v) is 5.84. The molecule has 0 aliphatic rings. The predicted octanol–water partition coefficient (Wildman–Crippen LogP) is 7.96. The molecule has 0 aliphatic heterocycles. The summed E-state index contributed by atoms with van der Waals surface area (Å²) in [4.78, 5) is 15.3. The van der Waals surface area contributed by atoms with Crippen LogP contribution < -0.4 is 0 Å². The molecule has 0 atom stereocenters. The summed E-state index contributed by atoms with van der Waals surface area (Å²) < 4.78 is 0. The lowest BCUT2D eigenvalue weighted by Crippen LogP contribution is -2.05. The molecule has 0 spiro atoms. The number of unbranched alkanes of at least 4 members (excludes halogenated alkanes) is 4. The van der Waals surface area contributed by atoms with Crippen LogP contribution in [0.2, 0.25) is 0 Å². The van der Waals surface area contributed by atoms with Crippen molar-refractivity contribution in [2.45, 2.75) is 78.1 Å². The van der Waals surface area contributed by atoms with E-state index in [0.717, 1.165) is 35.4 Å². The van der Waals surface area contributed by atoms with Crippen LogP contribution in [-0.2, 0) is 25.7 Å². The van der Waals surface area contributed by atoms with E-state index in [9.17, 15) is 4.79 Å². The van der Waals surface area contributed by atoms with Crippen LogP contribution >= 0.6 is 22.7 Å². The Morgan fingerprint density at radius 2 is 1.25 bits per heavy atom. The van der Waals surface area contributed by atoms with Gasteiger partial charge in [0.25, 0.3) is 0 Å². The van der Waals surface area contributed by atoms with Crippen molar-refractivity contribution in [1.29, 1.82) is 0 Å². The highest BCUT2D eigenvalue weighted by molar-refractivity contribution is 7.16. The van der Waals surface area contributed by atoms with E-state index in [4.69, 9.17) is 0 Å². The van der Waals surface area contributed by atoms with Crippen LogP contribution in [-0.4, -0.2) is 5.78 Å². The first-order chi connectivity index (χ1) is 13.7. The van der Waals surface area contributed by atoms with Crippen LogP contribution in [0.25, 0.3) is 0 Å². The Morgan fingerprint density at radius 1 is 0.821 bits per heavy atom. The Kier molecular flexibility index (Phi) is 9.94. The third-order valence-electron chi connectivity index (χ3n) is 5.17. The van der Waals surface area contributed by atoms with Gasteiger partial charge in [-0.15, -0.1) is 35.8 Å². The summed E-state index contributed by atoms with van der Waals surface area (Å²) in [5.74, 6) is 0.201. The molecular weight excluding hydrogens is 380 g/mol. The first-order valence-electron chi connectivity index (χ1n) is 10.6. The minimum Gasteiger partial charge on any atom is -0.287 e. The van der Waals surface area contributed by atoms with Gasteiger partial charge in [0.1, 0.15) is 0 Å². The summed E-state index contributed by atoms with van der Waals surface area (Å²) >= 11 is 3.24. The second-order valence-electron chi connectivity index (χ2n) is 7.37. The number of hydrogen-bond acceptors (Lipinski definition) is 3. The van der Waals surface area contributed by atoms with E-state index < -0.39 is 0 Å². The second-order valence-corrected chi connectivity index (χ2v) is 9.13. The number of aryl methyl sites for hydroxylation is 2. The van der Waals surface area contributed by atoms with Gasteiger partial charge in [-0.25, -0.2) is 0 Å². The van der Waals surface area contributed by atoms with Gasteiger partial charge in [0.2, 0.25) is 5.78 Å². The molecule has 2 rings (SSSR count). The summed E-state index contributed by atoms with van der Waals surface area (Å²) in [6, 6.07) is 0. The zero-order valence-electron chi connectivity index (χ0n) is 17.5. The molecule has 0 aromatic carbocycles. The molecule has 2 aromatic heterocycles. The minimum absolute atomic E-state index is 0.201. The molecular formula is C25H34OS2. The summed E-state index contributed by atoms with van der Waals surface area (Å²) in [6.07, 6.45) is 14.8. The molecule has 0 bridgehead atoms. The van der Waals surface area contributed by atoms with E-state index in [1.54, 1.807) is 22.7 Å². The number of carbonyl (C=O) groups excluding carboxylic acids is 1. The topological polar surface area (TPSA) is 17.1 Å². The third kappa shape index (κ3) is 5.78. The Bertz CT molecular complexity index is 714. The maximum Gasteiger partial charge on any atom is 0.213 e. The normalized spacial score (nSPS) is 10.9. The molecule has 0 radical (unpaired) electrons. The average molecular weight is 415 g/mol. The molecule has 2 heterocycles. The van der Waals surface area contributed by atoms with Crippen LogP contribution in [0.15, 0.2) is 36.1 Å². The highest BCUT2D eigenvalue weighted by Crippen LogP contribution is 2.33. The van der Waals surface area contributed by atoms with Gasteiger partial charge in [0, 0.05) is 0 Å². The smallest absolute Gasteiger partial charge is 0.213 e. The standard InChI is InChI=1S/C25H34OS2/c1-5-9-11-15-19-17-27-24(21(19)13-7-3)23(26)25-22(14-8-4)20(18-28-25)16-12-10-6-2/h7-8,17-18H,3-6,9-16H2,1-2H3. The quantitative estimate of drug-likeness (QED) is 0.174. The number of thiophene rings is 2. The van der Waals surface area contributed by atoms with Gasteiger partial charge in [-0.2, -0.15) is 0 Å². The Labute approximate surface area is 179 Å². The summed E-state index contributed by atoms with van der Waals surface area (Å²) in [5, 5.41) is 4.40. The van der Waals surface area contributed by atoms with Gasteiger partial charge < -0.3 is 0 Å². The van der Waals surface area contributed by atoms with Gasteiger partial charge in [-0.3, -0.25) is 4.79 Å². The number of rotatable bonds is 14. The van der Waals surface area contributed by atoms with Crippen LogP contribution in [0, 0.1) is 0 Å². The monoisotopic (exact) mass is 414 g/mol. The average Bonchev–Trinajstić information content (AvgIpc) is 3.27. The van der Waals surface area contributed by atoms with Crippen molar-refractivity contribution in [1.82, 2.24) is 0 Å². The van der Waals surface area contributed by atoms with Gasteiger partial charge >= 0.3 is 0 Å². The molecule has 0 unspecified atom stereocenters. The van der Waals surface area contributed by atoms with E-state index >= 15 is 0 Å². The first kappa shape index (κ1) is 22.8. The van der Waals surface area contributed by atoms with Crippen molar-refractivity contribution in [2.75, 3.05) is 0 Å². The maximum absolute atomic E-state index is 13.5. The molecule has 0 saturated heterocycles. The molecule has 2 aromatic rings. The molecule has 0 saturated carbocycles. The maximum atomic E-state index is 13.5. The lowest BCUT2D eigenvalue weighted by atomic mass is 9.97. The second kappa shape index (κ2) is 12.2. The molecule has 3 heteroatoms. The number of carbonyl (C=O) groups is 1. The summed E-state index contributed by atoms with van der Waals surface area (Å²) in [6.45, 7) is 12.3. The van der Waals surface area contributed by atoms with E-state index in [1.807, 2.05) is 12.2 Å². The molecule has 152 valence electrons. The summed E-state index contributed by atoms with van der Waals surface area (Å²) in [5.41, 5.74) is 5.08. The predicted molar refractivity (Wildman–Crippen MR) is 126 cm³/mol. The largest absolute Gasteiger partial charge is 0.287 e. The highest BCUT2D eigenvalue weighted by atomic mass is 32.1. The van der Waals surface area contributed by atoms with E-state index in [-0.39, 0.29) is 5.78 Å². The van der Waals surface area contributed by atoms with E-state index in [0.29, 0.717) is 0 Å². The third-order valence-corrected chi connectivity index (χ3v) is 7.31. The highest BCUT2D eigenvalue weighted by Gasteiger charge is 2.23. The van der Waals surface area contributed by atoms with Crippen LogP contribution in [0.3, 0.4) is 0 Å². The molecule has 1 nitrogen and oxygen atoms in total. The summed E-state index contributed by atoms with van der Waals surface area (Å²) in [7, 11) is 0. The van der Waals surface area contributed by atoms with Crippen molar-refractivity contribution in [2.24, 2.45) is 0 Å². The fraction of sp³-hybridized carbons (Fsp3) is 0.480. The van der Waals surface area contributed by atoms with E-state index in [2.05, 4.69) is 37.8 Å². The lowest BCUT2D eigenvalue weighted by molar-refractivity contribution is 0.104. The zero-order chi connectivity index (χ0) is 20.4. The van der Waals surface area contributed by atoms with Crippen molar-refractivity contribution in [3.63, 3.8) is 0 Å². The first-order valence-corrected chi connectivity index (χ1v) is 12.4. The molecule has 0 aliphatic carbocycles. The van der Waals surface area contributed by atoms with Crippen molar-refractivity contribution in [3.8, 4) is 0 Å². The van der Waals surface area contributed by atoms with Gasteiger partial charge in [0.05, 0.1) is 9.75 Å². The molecule has 0 N–H and O–H groups in total. The molecule has 0 fully saturated rings. The van der Waals surface area contributed by atoms with Crippen LogP contribution in [0.4, 0.5) is 0 Å². The van der Waals surface area contributed by atoms with Crippen molar-refractivity contribution < 1.29 is 4.79 Å². The minimum atomic E-state index is 0.201. The van der Waals surface area contributed by atoms with Gasteiger partial charge in [-0.1, -0.05) is 51.7 Å². The fourth-order valence-electron chi connectivity index (χ4n) is 3.61. The van der Waals surface area contributed by atoms with Gasteiger partial charge in [-0.05, 0) is 71.5 Å².